The van der Waals surface area contributed by atoms with Gasteiger partial charge in [0.2, 0.25) is 0 Å². The maximum atomic E-state index is 6.02. The molecule has 16 heavy (non-hydrogen) atoms. The topological polar surface area (TPSA) is 35.2 Å². The molecule has 0 atom stereocenters. The first-order chi connectivity index (χ1) is 7.80. The van der Waals surface area contributed by atoms with Crippen molar-refractivity contribution in [1.29, 1.82) is 0 Å². The quantitative estimate of drug-likeness (QED) is 0.848. The van der Waals surface area contributed by atoms with Crippen LogP contribution in [0.1, 0.15) is 37.7 Å². The maximum absolute atomic E-state index is 6.02. The van der Waals surface area contributed by atoms with Crippen molar-refractivity contribution in [2.45, 2.75) is 37.5 Å². The molecule has 0 heterocycles. The first-order valence-electron chi connectivity index (χ1n) is 6.15. The highest BCUT2D eigenvalue weighted by molar-refractivity contribution is 5.34. The average molecular weight is 219 g/mol. The fourth-order valence-electron chi connectivity index (χ4n) is 2.79. The van der Waals surface area contributed by atoms with Crippen molar-refractivity contribution in [1.82, 2.24) is 0 Å². The molecule has 1 saturated carbocycles. The van der Waals surface area contributed by atoms with Crippen molar-refractivity contribution >= 4 is 0 Å². The highest BCUT2D eigenvalue weighted by Crippen LogP contribution is 2.39. The van der Waals surface area contributed by atoms with Crippen LogP contribution in [-0.4, -0.2) is 13.7 Å². The van der Waals surface area contributed by atoms with Gasteiger partial charge in [-0.05, 0) is 30.5 Å². The molecule has 0 amide bonds. The number of methoxy groups -OCH3 is 1. The van der Waals surface area contributed by atoms with Gasteiger partial charge in [0, 0.05) is 12.0 Å². The molecular formula is C14H21NO. The van der Waals surface area contributed by atoms with Gasteiger partial charge in [-0.15, -0.1) is 0 Å². The standard InChI is InChI=1S/C14H21NO/c1-16-13-7-5-6-12(10-13)14(11-15)8-3-2-4-9-14/h5-7,10H,2-4,8-9,11,15H2,1H3. The van der Waals surface area contributed by atoms with Crippen molar-refractivity contribution in [3.63, 3.8) is 0 Å². The molecule has 0 bridgehead atoms. The van der Waals surface area contributed by atoms with E-state index in [0.717, 1.165) is 12.3 Å². The normalized spacial score (nSPS) is 19.4. The zero-order valence-electron chi connectivity index (χ0n) is 10.0. The predicted octanol–water partition coefficient (Wildman–Crippen LogP) is 2.86. The lowest BCUT2D eigenvalue weighted by Crippen LogP contribution is -2.37. The van der Waals surface area contributed by atoms with Gasteiger partial charge in [-0.2, -0.15) is 0 Å². The Morgan fingerprint density at radius 3 is 2.62 bits per heavy atom. The Morgan fingerprint density at radius 2 is 2.00 bits per heavy atom. The summed E-state index contributed by atoms with van der Waals surface area (Å²) < 4.78 is 5.29. The largest absolute Gasteiger partial charge is 0.497 e. The molecule has 2 nitrogen and oxygen atoms in total. The third-order valence-electron chi connectivity index (χ3n) is 3.88. The predicted molar refractivity (Wildman–Crippen MR) is 66.8 cm³/mol. The number of rotatable bonds is 3. The Balaban J connectivity index is 2.31. The van der Waals surface area contributed by atoms with E-state index in [4.69, 9.17) is 10.5 Å². The molecule has 1 fully saturated rings. The Labute approximate surface area is 97.8 Å². The second kappa shape index (κ2) is 4.88. The minimum absolute atomic E-state index is 0.201. The van der Waals surface area contributed by atoms with Gasteiger partial charge in [0.1, 0.15) is 5.75 Å². The van der Waals surface area contributed by atoms with Gasteiger partial charge >= 0.3 is 0 Å². The van der Waals surface area contributed by atoms with Gasteiger partial charge < -0.3 is 10.5 Å². The number of benzene rings is 1. The second-order valence-corrected chi connectivity index (χ2v) is 4.78. The van der Waals surface area contributed by atoms with Crippen LogP contribution < -0.4 is 10.5 Å². The molecule has 0 unspecified atom stereocenters. The number of hydrogen-bond donors (Lipinski definition) is 1. The van der Waals surface area contributed by atoms with E-state index in [9.17, 15) is 0 Å². The molecule has 0 radical (unpaired) electrons. The summed E-state index contributed by atoms with van der Waals surface area (Å²) in [5, 5.41) is 0. The lowest BCUT2D eigenvalue weighted by Gasteiger charge is -2.37. The summed E-state index contributed by atoms with van der Waals surface area (Å²) >= 11 is 0. The molecule has 0 aliphatic heterocycles. The van der Waals surface area contributed by atoms with E-state index in [1.807, 2.05) is 6.07 Å². The fraction of sp³-hybridized carbons (Fsp3) is 0.571. The van der Waals surface area contributed by atoms with E-state index < -0.39 is 0 Å². The van der Waals surface area contributed by atoms with Crippen molar-refractivity contribution < 1.29 is 4.74 Å². The summed E-state index contributed by atoms with van der Waals surface area (Å²) in [6.07, 6.45) is 6.39. The molecule has 0 aromatic heterocycles. The van der Waals surface area contributed by atoms with Crippen molar-refractivity contribution in [2.75, 3.05) is 13.7 Å². The number of ether oxygens (including phenoxy) is 1. The molecule has 1 aromatic rings. The second-order valence-electron chi connectivity index (χ2n) is 4.78. The van der Waals surface area contributed by atoms with Gasteiger partial charge in [0.25, 0.3) is 0 Å². The number of nitrogens with two attached hydrogens (primary N) is 1. The fourth-order valence-corrected chi connectivity index (χ4v) is 2.79. The average Bonchev–Trinajstić information content (AvgIpc) is 2.39. The van der Waals surface area contributed by atoms with Gasteiger partial charge in [0.05, 0.1) is 7.11 Å². The summed E-state index contributed by atoms with van der Waals surface area (Å²) in [7, 11) is 1.72. The van der Waals surface area contributed by atoms with Gasteiger partial charge in [0.15, 0.2) is 0 Å². The molecule has 1 aliphatic carbocycles. The first kappa shape index (κ1) is 11.5. The lowest BCUT2D eigenvalue weighted by atomic mass is 9.69. The Morgan fingerprint density at radius 1 is 1.25 bits per heavy atom. The molecule has 2 N–H and O–H groups in total. The van der Waals surface area contributed by atoms with Crippen LogP contribution in [0.15, 0.2) is 24.3 Å². The van der Waals surface area contributed by atoms with Gasteiger partial charge in [-0.1, -0.05) is 31.4 Å². The number of hydrogen-bond acceptors (Lipinski definition) is 2. The van der Waals surface area contributed by atoms with Crippen molar-refractivity contribution in [2.24, 2.45) is 5.73 Å². The molecule has 1 aromatic carbocycles. The highest BCUT2D eigenvalue weighted by atomic mass is 16.5. The Bertz CT molecular complexity index is 342. The molecule has 2 heteroatoms. The van der Waals surface area contributed by atoms with E-state index >= 15 is 0 Å². The minimum Gasteiger partial charge on any atom is -0.497 e. The maximum Gasteiger partial charge on any atom is 0.119 e. The molecular weight excluding hydrogens is 198 g/mol. The summed E-state index contributed by atoms with van der Waals surface area (Å²) in [6.45, 7) is 0.750. The summed E-state index contributed by atoms with van der Waals surface area (Å²) in [5.74, 6) is 0.941. The molecule has 2 rings (SSSR count). The Kier molecular flexibility index (Phi) is 3.49. The van der Waals surface area contributed by atoms with Gasteiger partial charge in [-0.25, -0.2) is 0 Å². The third kappa shape index (κ3) is 2.07. The van der Waals surface area contributed by atoms with Crippen LogP contribution >= 0.6 is 0 Å². The third-order valence-corrected chi connectivity index (χ3v) is 3.88. The van der Waals surface area contributed by atoms with Crippen LogP contribution in [-0.2, 0) is 5.41 Å². The molecule has 88 valence electrons. The van der Waals surface area contributed by atoms with Crippen LogP contribution in [0.5, 0.6) is 5.75 Å². The summed E-state index contributed by atoms with van der Waals surface area (Å²) in [6, 6.07) is 8.41. The highest BCUT2D eigenvalue weighted by Gasteiger charge is 2.32. The van der Waals surface area contributed by atoms with Crippen LogP contribution in [0.25, 0.3) is 0 Å². The monoisotopic (exact) mass is 219 g/mol. The minimum atomic E-state index is 0.201. The van der Waals surface area contributed by atoms with E-state index in [1.165, 1.54) is 37.7 Å². The van der Waals surface area contributed by atoms with E-state index in [1.54, 1.807) is 7.11 Å². The van der Waals surface area contributed by atoms with Crippen LogP contribution in [0.3, 0.4) is 0 Å². The lowest BCUT2D eigenvalue weighted by molar-refractivity contribution is 0.299. The van der Waals surface area contributed by atoms with Crippen LogP contribution in [0.2, 0.25) is 0 Å². The molecule has 1 aliphatic rings. The van der Waals surface area contributed by atoms with E-state index in [2.05, 4.69) is 18.2 Å². The summed E-state index contributed by atoms with van der Waals surface area (Å²) in [5.41, 5.74) is 7.58. The van der Waals surface area contributed by atoms with Crippen LogP contribution in [0, 0.1) is 0 Å². The van der Waals surface area contributed by atoms with Crippen molar-refractivity contribution in [3.8, 4) is 5.75 Å². The van der Waals surface area contributed by atoms with Crippen LogP contribution in [0.4, 0.5) is 0 Å². The Hall–Kier alpha value is -1.02. The first-order valence-corrected chi connectivity index (χ1v) is 6.15. The SMILES string of the molecule is COc1cccc(C2(CN)CCCCC2)c1. The smallest absolute Gasteiger partial charge is 0.119 e. The zero-order valence-corrected chi connectivity index (χ0v) is 10.0. The van der Waals surface area contributed by atoms with Gasteiger partial charge in [-0.3, -0.25) is 0 Å². The molecule has 0 spiro atoms. The van der Waals surface area contributed by atoms with Crippen molar-refractivity contribution in [3.05, 3.63) is 29.8 Å². The van der Waals surface area contributed by atoms with E-state index in [0.29, 0.717) is 0 Å². The van der Waals surface area contributed by atoms with E-state index in [-0.39, 0.29) is 5.41 Å². The summed E-state index contributed by atoms with van der Waals surface area (Å²) in [4.78, 5) is 0. The zero-order chi connectivity index (χ0) is 11.4. The molecule has 0 saturated heterocycles.